The van der Waals surface area contributed by atoms with Crippen molar-refractivity contribution in [3.05, 3.63) is 64.8 Å². The molecule has 1 saturated heterocycles. The highest BCUT2D eigenvalue weighted by Gasteiger charge is 2.34. The number of hydrogen-bond acceptors (Lipinski definition) is 5. The molecule has 0 aromatic heterocycles. The highest BCUT2D eigenvalue weighted by atomic mass is 32.2. The summed E-state index contributed by atoms with van der Waals surface area (Å²) in [5, 5.41) is 8.51. The molecule has 0 saturated carbocycles. The zero-order valence-electron chi connectivity index (χ0n) is 13.0. The van der Waals surface area contributed by atoms with Crippen molar-refractivity contribution in [3.63, 3.8) is 0 Å². The summed E-state index contributed by atoms with van der Waals surface area (Å²) >= 11 is 0.845. The van der Waals surface area contributed by atoms with Crippen LogP contribution in [0.25, 0.3) is 6.08 Å². The van der Waals surface area contributed by atoms with Gasteiger partial charge in [0.25, 0.3) is 11.1 Å². The second kappa shape index (κ2) is 7.50. The van der Waals surface area contributed by atoms with Crippen molar-refractivity contribution >= 4 is 29.0 Å². The molecule has 1 N–H and O–H groups in total. The van der Waals surface area contributed by atoms with E-state index in [1.807, 2.05) is 0 Å². The largest absolute Gasteiger partial charge is 0.457 e. The molecule has 1 aliphatic heterocycles. The summed E-state index contributed by atoms with van der Waals surface area (Å²) < 4.78 is 18.5. The van der Waals surface area contributed by atoms with Gasteiger partial charge in [0.15, 0.2) is 0 Å². The maximum Gasteiger partial charge on any atom is 0.293 e. The van der Waals surface area contributed by atoms with Crippen molar-refractivity contribution in [2.45, 2.75) is 0 Å². The highest BCUT2D eigenvalue weighted by Crippen LogP contribution is 2.32. The number of aliphatic hydroxyl groups excluding tert-OH is 1. The number of nitrogens with zero attached hydrogens (tertiary/aromatic N) is 1. The van der Waals surface area contributed by atoms with Gasteiger partial charge < -0.3 is 9.84 Å². The Balaban J connectivity index is 1.71. The van der Waals surface area contributed by atoms with E-state index in [2.05, 4.69) is 0 Å². The predicted molar refractivity (Wildman–Crippen MR) is 92.7 cm³/mol. The molecule has 0 atom stereocenters. The Kier molecular flexibility index (Phi) is 5.16. The van der Waals surface area contributed by atoms with Gasteiger partial charge in [-0.3, -0.25) is 14.5 Å². The normalized spacial score (nSPS) is 15.9. The molecule has 7 heteroatoms. The minimum absolute atomic E-state index is 0.00749. The van der Waals surface area contributed by atoms with Crippen molar-refractivity contribution in [2.24, 2.45) is 0 Å². The van der Waals surface area contributed by atoms with Gasteiger partial charge in [0.2, 0.25) is 0 Å². The molecule has 0 aliphatic carbocycles. The SMILES string of the molecule is O=C1S/C(=C\c2ccc(Oc3ccc(F)cc3)cc2)C(=O)N1CCO. The van der Waals surface area contributed by atoms with Gasteiger partial charge in [-0.25, -0.2) is 4.39 Å². The molecule has 2 aromatic carbocycles. The van der Waals surface area contributed by atoms with Crippen LogP contribution in [-0.4, -0.2) is 34.3 Å². The molecule has 2 aromatic rings. The zero-order chi connectivity index (χ0) is 17.8. The summed E-state index contributed by atoms with van der Waals surface area (Å²) in [6.07, 6.45) is 1.62. The molecule has 128 valence electrons. The van der Waals surface area contributed by atoms with Gasteiger partial charge in [-0.1, -0.05) is 12.1 Å². The van der Waals surface area contributed by atoms with E-state index in [0.717, 1.165) is 22.2 Å². The van der Waals surface area contributed by atoms with Crippen LogP contribution in [0.4, 0.5) is 9.18 Å². The van der Waals surface area contributed by atoms with E-state index in [-0.39, 0.29) is 24.2 Å². The second-order valence-electron chi connectivity index (χ2n) is 5.18. The Bertz CT molecular complexity index is 818. The average Bonchev–Trinajstić information content (AvgIpc) is 2.86. The van der Waals surface area contributed by atoms with E-state index in [0.29, 0.717) is 16.4 Å². The van der Waals surface area contributed by atoms with E-state index < -0.39 is 5.91 Å². The number of halogens is 1. The lowest BCUT2D eigenvalue weighted by Crippen LogP contribution is -2.30. The Morgan fingerprint density at radius 1 is 1.04 bits per heavy atom. The van der Waals surface area contributed by atoms with Gasteiger partial charge in [-0.05, 0) is 59.8 Å². The number of rotatable bonds is 5. The van der Waals surface area contributed by atoms with Crippen LogP contribution in [0, 0.1) is 5.82 Å². The van der Waals surface area contributed by atoms with Crippen molar-refractivity contribution in [2.75, 3.05) is 13.2 Å². The summed E-state index contributed by atoms with van der Waals surface area (Å²) in [6, 6.07) is 12.6. The molecule has 5 nitrogen and oxygen atoms in total. The van der Waals surface area contributed by atoms with Crippen LogP contribution < -0.4 is 4.74 Å². The summed E-state index contributed by atoms with van der Waals surface area (Å²) in [5.74, 6) is 0.338. The lowest BCUT2D eigenvalue weighted by atomic mass is 10.2. The fourth-order valence-electron chi connectivity index (χ4n) is 2.21. The third-order valence-electron chi connectivity index (χ3n) is 3.42. The number of β-amino-alcohol motifs (C(OH)–C–C–N with tert-alkyl or cyclic N) is 1. The van der Waals surface area contributed by atoms with Crippen LogP contribution >= 0.6 is 11.8 Å². The van der Waals surface area contributed by atoms with E-state index in [9.17, 15) is 14.0 Å². The third kappa shape index (κ3) is 4.07. The zero-order valence-corrected chi connectivity index (χ0v) is 13.8. The minimum Gasteiger partial charge on any atom is -0.457 e. The molecule has 1 aliphatic rings. The summed E-state index contributed by atoms with van der Waals surface area (Å²) in [7, 11) is 0. The molecule has 0 radical (unpaired) electrons. The molecule has 1 heterocycles. The molecule has 0 unspecified atom stereocenters. The van der Waals surface area contributed by atoms with E-state index in [4.69, 9.17) is 9.84 Å². The number of amides is 2. The molecule has 2 amide bonds. The first-order valence-electron chi connectivity index (χ1n) is 7.46. The van der Waals surface area contributed by atoms with Gasteiger partial charge in [-0.2, -0.15) is 0 Å². The number of thioether (sulfide) groups is 1. The quantitative estimate of drug-likeness (QED) is 0.826. The van der Waals surface area contributed by atoms with Crippen molar-refractivity contribution < 1.29 is 23.8 Å². The minimum atomic E-state index is -0.407. The number of carbonyl (C=O) groups is 2. The predicted octanol–water partition coefficient (Wildman–Crippen LogP) is 3.65. The van der Waals surface area contributed by atoms with Crippen LogP contribution in [0.15, 0.2) is 53.4 Å². The number of hydrogen-bond donors (Lipinski definition) is 1. The molecule has 0 spiro atoms. The van der Waals surface area contributed by atoms with Crippen LogP contribution in [0.1, 0.15) is 5.56 Å². The number of aliphatic hydroxyl groups is 1. The van der Waals surface area contributed by atoms with Gasteiger partial charge in [0.1, 0.15) is 17.3 Å². The van der Waals surface area contributed by atoms with Crippen LogP contribution in [0.2, 0.25) is 0 Å². The molecule has 0 bridgehead atoms. The standard InChI is InChI=1S/C18H14FNO4S/c19-13-3-7-15(8-4-13)24-14-5-1-12(2-6-14)11-16-17(22)20(9-10-21)18(23)25-16/h1-8,11,21H,9-10H2/b16-11-. The monoisotopic (exact) mass is 359 g/mol. The van der Waals surface area contributed by atoms with E-state index in [1.54, 1.807) is 30.3 Å². The number of ether oxygens (including phenoxy) is 1. The summed E-state index contributed by atoms with van der Waals surface area (Å²) in [5.41, 5.74) is 0.737. The molecule has 3 rings (SSSR count). The van der Waals surface area contributed by atoms with E-state index in [1.165, 1.54) is 24.3 Å². The summed E-state index contributed by atoms with van der Waals surface area (Å²) in [6.45, 7) is -0.271. The maximum absolute atomic E-state index is 12.9. The fraction of sp³-hybridized carbons (Fsp3) is 0.111. The van der Waals surface area contributed by atoms with Crippen LogP contribution in [0.3, 0.4) is 0 Å². The second-order valence-corrected chi connectivity index (χ2v) is 6.18. The Morgan fingerprint density at radius 2 is 1.64 bits per heavy atom. The topological polar surface area (TPSA) is 66.8 Å². The highest BCUT2D eigenvalue weighted by molar-refractivity contribution is 8.18. The van der Waals surface area contributed by atoms with Gasteiger partial charge in [-0.15, -0.1) is 0 Å². The third-order valence-corrected chi connectivity index (χ3v) is 4.33. The Morgan fingerprint density at radius 3 is 2.24 bits per heavy atom. The maximum atomic E-state index is 12.9. The van der Waals surface area contributed by atoms with Gasteiger partial charge in [0.05, 0.1) is 18.1 Å². The smallest absolute Gasteiger partial charge is 0.293 e. The molecule has 1 fully saturated rings. The van der Waals surface area contributed by atoms with Crippen LogP contribution in [-0.2, 0) is 4.79 Å². The van der Waals surface area contributed by atoms with Crippen molar-refractivity contribution in [3.8, 4) is 11.5 Å². The molecular weight excluding hydrogens is 345 g/mol. The van der Waals surface area contributed by atoms with Crippen molar-refractivity contribution in [1.29, 1.82) is 0 Å². The lowest BCUT2D eigenvalue weighted by molar-refractivity contribution is -0.123. The Labute approximate surface area is 147 Å². The Hall–Kier alpha value is -2.64. The first kappa shape index (κ1) is 17.2. The molecule has 25 heavy (non-hydrogen) atoms. The first-order chi connectivity index (χ1) is 12.1. The van der Waals surface area contributed by atoms with E-state index >= 15 is 0 Å². The fourth-order valence-corrected chi connectivity index (χ4v) is 3.08. The number of imide groups is 1. The van der Waals surface area contributed by atoms with Crippen LogP contribution in [0.5, 0.6) is 11.5 Å². The lowest BCUT2D eigenvalue weighted by Gasteiger charge is -2.09. The molecular formula is C18H14FNO4S. The number of carbonyl (C=O) groups excluding carboxylic acids is 2. The average molecular weight is 359 g/mol. The number of benzene rings is 2. The van der Waals surface area contributed by atoms with Crippen molar-refractivity contribution in [1.82, 2.24) is 4.90 Å². The summed E-state index contributed by atoms with van der Waals surface area (Å²) in [4.78, 5) is 25.1. The first-order valence-corrected chi connectivity index (χ1v) is 8.28. The van der Waals surface area contributed by atoms with Gasteiger partial charge >= 0.3 is 0 Å². The van der Waals surface area contributed by atoms with Gasteiger partial charge in [0, 0.05) is 0 Å².